The Morgan fingerprint density at radius 1 is 1.47 bits per heavy atom. The van der Waals surface area contributed by atoms with Crippen molar-refractivity contribution in [2.75, 3.05) is 0 Å². The van der Waals surface area contributed by atoms with Crippen molar-refractivity contribution in [1.29, 1.82) is 5.26 Å². The summed E-state index contributed by atoms with van der Waals surface area (Å²) in [6, 6.07) is 6.04. The van der Waals surface area contributed by atoms with E-state index in [1.54, 1.807) is 12.1 Å². The molecular weight excluding hydrogens is 198 g/mol. The molecule has 0 amide bonds. The lowest BCUT2D eigenvalue weighted by atomic mass is 10.1. The fourth-order valence-corrected chi connectivity index (χ4v) is 1.09. The van der Waals surface area contributed by atoms with E-state index in [9.17, 15) is 4.79 Å². The van der Waals surface area contributed by atoms with E-state index >= 15 is 0 Å². The highest BCUT2D eigenvalue weighted by molar-refractivity contribution is 5.72. The lowest BCUT2D eigenvalue weighted by Gasteiger charge is -2.08. The topological polar surface area (TPSA) is 90.5 Å². The SMILES string of the molecule is N#COC(Cc1ccc(O)cc1)C(=O)O. The van der Waals surface area contributed by atoms with Crippen molar-refractivity contribution in [2.45, 2.75) is 12.5 Å². The van der Waals surface area contributed by atoms with Crippen LogP contribution in [0.15, 0.2) is 24.3 Å². The van der Waals surface area contributed by atoms with Crippen LogP contribution in [0.5, 0.6) is 5.75 Å². The zero-order valence-corrected chi connectivity index (χ0v) is 7.75. The Balaban J connectivity index is 2.70. The van der Waals surface area contributed by atoms with E-state index in [-0.39, 0.29) is 12.2 Å². The molecule has 1 unspecified atom stereocenters. The first-order valence-electron chi connectivity index (χ1n) is 4.19. The minimum absolute atomic E-state index is 0.0865. The molecule has 0 saturated carbocycles. The second kappa shape index (κ2) is 4.86. The van der Waals surface area contributed by atoms with Crippen LogP contribution in [0.3, 0.4) is 0 Å². The molecule has 1 rings (SSSR count). The summed E-state index contributed by atoms with van der Waals surface area (Å²) in [4.78, 5) is 10.6. The Morgan fingerprint density at radius 3 is 2.53 bits per heavy atom. The van der Waals surface area contributed by atoms with Crippen molar-refractivity contribution < 1.29 is 19.7 Å². The van der Waals surface area contributed by atoms with Gasteiger partial charge in [0.05, 0.1) is 0 Å². The van der Waals surface area contributed by atoms with Gasteiger partial charge in [0, 0.05) is 6.42 Å². The lowest BCUT2D eigenvalue weighted by molar-refractivity contribution is -0.146. The summed E-state index contributed by atoms with van der Waals surface area (Å²) in [5.41, 5.74) is 0.676. The van der Waals surface area contributed by atoms with Crippen molar-refractivity contribution in [3.63, 3.8) is 0 Å². The van der Waals surface area contributed by atoms with Crippen LogP contribution < -0.4 is 0 Å². The van der Waals surface area contributed by atoms with Crippen LogP contribution in [-0.2, 0) is 16.0 Å². The smallest absolute Gasteiger partial charge is 0.346 e. The number of ether oxygens (including phenoxy) is 1. The average Bonchev–Trinajstić information content (AvgIpc) is 2.20. The van der Waals surface area contributed by atoms with Gasteiger partial charge in [-0.3, -0.25) is 0 Å². The maximum atomic E-state index is 10.6. The Labute approximate surface area is 86.1 Å². The number of nitrogens with zero attached hydrogens (tertiary/aromatic N) is 1. The molecule has 1 aromatic carbocycles. The average molecular weight is 207 g/mol. The van der Waals surface area contributed by atoms with Gasteiger partial charge < -0.3 is 14.9 Å². The van der Waals surface area contributed by atoms with Gasteiger partial charge in [-0.2, -0.15) is 5.26 Å². The summed E-state index contributed by atoms with van der Waals surface area (Å²) in [7, 11) is 0. The molecule has 0 saturated heterocycles. The number of hydrogen-bond acceptors (Lipinski definition) is 4. The molecule has 0 aromatic heterocycles. The molecule has 0 spiro atoms. The van der Waals surface area contributed by atoms with Crippen molar-refractivity contribution in [3.8, 4) is 12.0 Å². The molecule has 0 heterocycles. The molecule has 1 aromatic rings. The number of phenolic OH excluding ortho intramolecular Hbond substituents is 1. The van der Waals surface area contributed by atoms with Gasteiger partial charge in [0.25, 0.3) is 6.26 Å². The van der Waals surface area contributed by atoms with Crippen molar-refractivity contribution in [1.82, 2.24) is 0 Å². The molecule has 0 aliphatic carbocycles. The monoisotopic (exact) mass is 207 g/mol. The fourth-order valence-electron chi connectivity index (χ4n) is 1.09. The number of carboxylic acid groups (broad SMARTS) is 1. The van der Waals surface area contributed by atoms with Crippen LogP contribution in [0.25, 0.3) is 0 Å². The van der Waals surface area contributed by atoms with Crippen molar-refractivity contribution in [2.24, 2.45) is 0 Å². The summed E-state index contributed by atoms with van der Waals surface area (Å²) in [6.45, 7) is 0. The third-order valence-corrected chi connectivity index (χ3v) is 1.83. The molecule has 2 N–H and O–H groups in total. The first kappa shape index (κ1) is 10.9. The minimum atomic E-state index is -1.19. The van der Waals surface area contributed by atoms with Crippen LogP contribution in [0.4, 0.5) is 0 Å². The number of hydrogen-bond donors (Lipinski definition) is 2. The van der Waals surface area contributed by atoms with Gasteiger partial charge in [-0.05, 0) is 17.7 Å². The number of carboxylic acids is 1. The largest absolute Gasteiger partial charge is 0.508 e. The predicted octanol–water partition coefficient (Wildman–Crippen LogP) is 0.886. The van der Waals surface area contributed by atoms with Gasteiger partial charge in [-0.25, -0.2) is 4.79 Å². The number of nitriles is 1. The third-order valence-electron chi connectivity index (χ3n) is 1.83. The standard InChI is InChI=1S/C10H9NO4/c11-6-15-9(10(13)14)5-7-1-3-8(12)4-2-7/h1-4,9,12H,5H2,(H,13,14). The Hall–Kier alpha value is -2.22. The number of phenols is 1. The van der Waals surface area contributed by atoms with Crippen molar-refractivity contribution >= 4 is 5.97 Å². The van der Waals surface area contributed by atoms with Gasteiger partial charge in [0.2, 0.25) is 6.10 Å². The highest BCUT2D eigenvalue weighted by atomic mass is 16.5. The molecule has 5 heteroatoms. The van der Waals surface area contributed by atoms with E-state index in [2.05, 4.69) is 4.74 Å². The molecule has 0 aliphatic heterocycles. The minimum Gasteiger partial charge on any atom is -0.508 e. The predicted molar refractivity (Wildman–Crippen MR) is 49.9 cm³/mol. The zero-order chi connectivity index (χ0) is 11.3. The van der Waals surface area contributed by atoms with Crippen LogP contribution in [-0.4, -0.2) is 22.3 Å². The summed E-state index contributed by atoms with van der Waals surface area (Å²) >= 11 is 0. The second-order valence-corrected chi connectivity index (χ2v) is 2.91. The highest BCUT2D eigenvalue weighted by Crippen LogP contribution is 2.12. The van der Waals surface area contributed by atoms with Gasteiger partial charge in [0.1, 0.15) is 5.75 Å². The Bertz CT molecular complexity index is 379. The first-order valence-corrected chi connectivity index (χ1v) is 4.19. The van der Waals surface area contributed by atoms with E-state index in [1.165, 1.54) is 18.4 Å². The van der Waals surface area contributed by atoms with Gasteiger partial charge in [0.15, 0.2) is 0 Å². The molecule has 15 heavy (non-hydrogen) atoms. The van der Waals surface area contributed by atoms with E-state index < -0.39 is 12.1 Å². The molecular formula is C10H9NO4. The van der Waals surface area contributed by atoms with Crippen LogP contribution in [0.1, 0.15) is 5.56 Å². The van der Waals surface area contributed by atoms with E-state index in [4.69, 9.17) is 15.5 Å². The number of aliphatic carboxylic acids is 1. The second-order valence-electron chi connectivity index (χ2n) is 2.91. The Kier molecular flexibility index (Phi) is 3.52. The maximum absolute atomic E-state index is 10.6. The van der Waals surface area contributed by atoms with Crippen molar-refractivity contribution in [3.05, 3.63) is 29.8 Å². The Morgan fingerprint density at radius 2 is 2.07 bits per heavy atom. The first-order chi connectivity index (χ1) is 7.13. The van der Waals surface area contributed by atoms with E-state index in [1.807, 2.05) is 0 Å². The summed E-state index contributed by atoms with van der Waals surface area (Å²) in [5.74, 6) is -1.09. The molecule has 0 bridgehead atoms. The molecule has 0 fully saturated rings. The van der Waals surface area contributed by atoms with Gasteiger partial charge in [-0.15, -0.1) is 0 Å². The van der Waals surface area contributed by atoms with Gasteiger partial charge in [-0.1, -0.05) is 12.1 Å². The highest BCUT2D eigenvalue weighted by Gasteiger charge is 2.19. The molecule has 1 atom stereocenters. The van der Waals surface area contributed by atoms with Crippen LogP contribution >= 0.6 is 0 Å². The summed E-state index contributed by atoms with van der Waals surface area (Å²) in [6.07, 6.45) is 0.256. The van der Waals surface area contributed by atoms with Crippen LogP contribution in [0.2, 0.25) is 0 Å². The fraction of sp³-hybridized carbons (Fsp3) is 0.200. The zero-order valence-electron chi connectivity index (χ0n) is 7.75. The number of aromatic hydroxyl groups is 1. The quantitative estimate of drug-likeness (QED) is 0.715. The molecule has 5 nitrogen and oxygen atoms in total. The molecule has 0 aliphatic rings. The summed E-state index contributed by atoms with van der Waals surface area (Å²) < 4.78 is 4.38. The number of carbonyl (C=O) groups is 1. The van der Waals surface area contributed by atoms with Gasteiger partial charge >= 0.3 is 5.97 Å². The normalized spacial score (nSPS) is 11.4. The third kappa shape index (κ3) is 3.19. The lowest BCUT2D eigenvalue weighted by Crippen LogP contribution is -2.24. The van der Waals surface area contributed by atoms with E-state index in [0.29, 0.717) is 5.56 Å². The van der Waals surface area contributed by atoms with Crippen LogP contribution in [0, 0.1) is 11.5 Å². The number of rotatable bonds is 4. The number of benzene rings is 1. The van der Waals surface area contributed by atoms with E-state index in [0.717, 1.165) is 0 Å². The summed E-state index contributed by atoms with van der Waals surface area (Å²) in [5, 5.41) is 25.9. The molecule has 78 valence electrons. The maximum Gasteiger partial charge on any atom is 0.346 e. The molecule has 0 radical (unpaired) electrons.